The van der Waals surface area contributed by atoms with Gasteiger partial charge in [0.2, 0.25) is 0 Å². The maximum Gasteiger partial charge on any atom is 0.319 e. The smallest absolute Gasteiger partial charge is 0.319 e. The fraction of sp³-hybridized carbons (Fsp3) is 0.500. The number of amides is 2. The van der Waals surface area contributed by atoms with Crippen molar-refractivity contribution in [2.45, 2.75) is 56.5 Å². The summed E-state index contributed by atoms with van der Waals surface area (Å²) in [6.45, 7) is 3.17. The molecule has 2 aromatic rings. The third-order valence-electron chi connectivity index (χ3n) is 7.41. The van der Waals surface area contributed by atoms with Gasteiger partial charge in [0.15, 0.2) is 11.5 Å². The molecule has 1 aliphatic heterocycles. The van der Waals surface area contributed by atoms with Gasteiger partial charge in [0.05, 0.1) is 14.2 Å². The van der Waals surface area contributed by atoms with Gasteiger partial charge in [-0.3, -0.25) is 0 Å². The minimum Gasteiger partial charge on any atom is -0.493 e. The number of aryl methyl sites for hydroxylation is 1. The van der Waals surface area contributed by atoms with Crippen LogP contribution in [0.15, 0.2) is 42.5 Å². The highest BCUT2D eigenvalue weighted by Gasteiger charge is 2.50. The van der Waals surface area contributed by atoms with Crippen molar-refractivity contribution in [3.05, 3.63) is 53.6 Å². The molecule has 172 valence electrons. The largest absolute Gasteiger partial charge is 0.493 e. The number of likely N-dealkylation sites (N-methyl/N-ethyl adjacent to an activating group) is 1. The molecule has 1 aliphatic carbocycles. The van der Waals surface area contributed by atoms with Crippen molar-refractivity contribution in [2.24, 2.45) is 0 Å². The predicted octanol–water partition coefficient (Wildman–Crippen LogP) is 4.58. The van der Waals surface area contributed by atoms with E-state index in [4.69, 9.17) is 9.47 Å². The minimum absolute atomic E-state index is 0.0818. The van der Waals surface area contributed by atoms with E-state index in [1.807, 2.05) is 24.3 Å². The number of ether oxygens (including phenoxy) is 2. The third kappa shape index (κ3) is 4.29. The van der Waals surface area contributed by atoms with E-state index in [9.17, 15) is 4.79 Å². The Kier molecular flexibility index (Phi) is 6.60. The molecule has 2 aliphatic rings. The Balaban J connectivity index is 1.47. The third-order valence-corrected chi connectivity index (χ3v) is 7.41. The fourth-order valence-corrected chi connectivity index (χ4v) is 5.62. The van der Waals surface area contributed by atoms with Gasteiger partial charge < -0.3 is 25.0 Å². The molecule has 1 heterocycles. The van der Waals surface area contributed by atoms with E-state index >= 15 is 0 Å². The van der Waals surface area contributed by atoms with E-state index < -0.39 is 0 Å². The number of carbonyl (C=O) groups excluding carboxylic acids is 1. The number of hydrogen-bond donors (Lipinski definition) is 2. The molecule has 3 atom stereocenters. The lowest BCUT2D eigenvalue weighted by Gasteiger charge is -2.45. The van der Waals surface area contributed by atoms with Gasteiger partial charge in [-0.25, -0.2) is 4.79 Å². The van der Waals surface area contributed by atoms with Gasteiger partial charge in [-0.2, -0.15) is 0 Å². The Morgan fingerprint density at radius 2 is 1.94 bits per heavy atom. The van der Waals surface area contributed by atoms with Gasteiger partial charge in [0.1, 0.15) is 0 Å². The average Bonchev–Trinajstić information content (AvgIpc) is 3.15. The molecule has 2 amide bonds. The van der Waals surface area contributed by atoms with Crippen LogP contribution in [-0.2, 0) is 11.8 Å². The van der Waals surface area contributed by atoms with Crippen LogP contribution in [0.2, 0.25) is 0 Å². The molecule has 0 radical (unpaired) electrons. The Hall–Kier alpha value is -2.73. The summed E-state index contributed by atoms with van der Waals surface area (Å²) >= 11 is 0. The normalized spacial score (nSPS) is 25.1. The van der Waals surface area contributed by atoms with Crippen LogP contribution in [-0.4, -0.2) is 50.8 Å². The van der Waals surface area contributed by atoms with E-state index in [0.29, 0.717) is 6.04 Å². The SMILES string of the molecule is CCc1cccc(NC(=O)N[C@H]2CC[C@@]3(c4ccc(OC)c(OC)c4)CCN(C)[C@@H]3C2)c1. The van der Waals surface area contributed by atoms with Crippen LogP contribution in [0, 0.1) is 0 Å². The number of urea groups is 1. The molecule has 0 aromatic heterocycles. The molecule has 1 saturated heterocycles. The van der Waals surface area contributed by atoms with E-state index in [1.165, 1.54) is 11.1 Å². The number of nitrogens with one attached hydrogen (secondary N) is 2. The van der Waals surface area contributed by atoms with Crippen molar-refractivity contribution >= 4 is 11.7 Å². The fourth-order valence-electron chi connectivity index (χ4n) is 5.62. The molecule has 0 bridgehead atoms. The molecule has 6 heteroatoms. The van der Waals surface area contributed by atoms with Crippen LogP contribution in [0.4, 0.5) is 10.5 Å². The van der Waals surface area contributed by atoms with Crippen LogP contribution in [0.25, 0.3) is 0 Å². The van der Waals surface area contributed by atoms with Gasteiger partial charge in [0.25, 0.3) is 0 Å². The lowest BCUT2D eigenvalue weighted by molar-refractivity contribution is 0.156. The second kappa shape index (κ2) is 9.41. The maximum absolute atomic E-state index is 12.7. The first kappa shape index (κ1) is 22.5. The number of hydrogen-bond acceptors (Lipinski definition) is 4. The molecule has 6 nitrogen and oxygen atoms in total. The number of fused-ring (bicyclic) bond motifs is 1. The number of methoxy groups -OCH3 is 2. The van der Waals surface area contributed by atoms with E-state index in [2.05, 4.69) is 47.7 Å². The molecule has 2 N–H and O–H groups in total. The number of nitrogens with zero attached hydrogens (tertiary/aromatic N) is 1. The van der Waals surface area contributed by atoms with Gasteiger partial charge in [0, 0.05) is 23.2 Å². The summed E-state index contributed by atoms with van der Waals surface area (Å²) in [5.41, 5.74) is 3.45. The standard InChI is InChI=1S/C26H35N3O3/c1-5-18-7-6-8-20(15-18)27-25(30)28-21-11-12-26(13-14-29(2)24(26)17-21)19-9-10-22(31-3)23(16-19)32-4/h6-10,15-16,21,24H,5,11-14,17H2,1-4H3,(H2,27,28,30)/t21-,24+,26-/m0/s1. The molecule has 4 rings (SSSR count). The lowest BCUT2D eigenvalue weighted by atomic mass is 9.65. The first-order chi connectivity index (χ1) is 15.5. The number of carbonyl (C=O) groups is 1. The highest BCUT2D eigenvalue weighted by molar-refractivity contribution is 5.89. The van der Waals surface area contributed by atoms with Crippen molar-refractivity contribution in [3.8, 4) is 11.5 Å². The van der Waals surface area contributed by atoms with Crippen molar-refractivity contribution in [1.82, 2.24) is 10.2 Å². The van der Waals surface area contributed by atoms with Crippen LogP contribution >= 0.6 is 0 Å². The highest BCUT2D eigenvalue weighted by atomic mass is 16.5. The molecular formula is C26H35N3O3. The van der Waals surface area contributed by atoms with Gasteiger partial charge >= 0.3 is 6.03 Å². The van der Waals surface area contributed by atoms with Crippen LogP contribution in [0.3, 0.4) is 0 Å². The van der Waals surface area contributed by atoms with Crippen LogP contribution < -0.4 is 20.1 Å². The summed E-state index contributed by atoms with van der Waals surface area (Å²) in [5.74, 6) is 1.54. The zero-order valence-corrected chi connectivity index (χ0v) is 19.6. The molecule has 1 saturated carbocycles. The van der Waals surface area contributed by atoms with Gasteiger partial charge in [-0.1, -0.05) is 25.1 Å². The Morgan fingerprint density at radius 3 is 2.69 bits per heavy atom. The van der Waals surface area contributed by atoms with Gasteiger partial charge in [-0.15, -0.1) is 0 Å². The zero-order valence-electron chi connectivity index (χ0n) is 19.6. The second-order valence-corrected chi connectivity index (χ2v) is 9.10. The minimum atomic E-state index is -0.123. The number of rotatable bonds is 6. The maximum atomic E-state index is 12.7. The second-order valence-electron chi connectivity index (χ2n) is 9.10. The Labute approximate surface area is 191 Å². The van der Waals surface area contributed by atoms with Crippen LogP contribution in [0.5, 0.6) is 11.5 Å². The molecule has 2 aromatic carbocycles. The molecule has 32 heavy (non-hydrogen) atoms. The summed E-state index contributed by atoms with van der Waals surface area (Å²) in [4.78, 5) is 15.1. The van der Waals surface area contributed by atoms with E-state index in [0.717, 1.165) is 55.8 Å². The Morgan fingerprint density at radius 1 is 1.12 bits per heavy atom. The van der Waals surface area contributed by atoms with E-state index in [1.54, 1.807) is 14.2 Å². The highest BCUT2D eigenvalue weighted by Crippen LogP contribution is 2.49. The first-order valence-corrected chi connectivity index (χ1v) is 11.6. The molecule has 0 unspecified atom stereocenters. The summed E-state index contributed by atoms with van der Waals surface area (Å²) in [6.07, 6.45) is 5.00. The van der Waals surface area contributed by atoms with E-state index in [-0.39, 0.29) is 17.5 Å². The average molecular weight is 438 g/mol. The van der Waals surface area contributed by atoms with Crippen molar-refractivity contribution < 1.29 is 14.3 Å². The summed E-state index contributed by atoms with van der Waals surface area (Å²) < 4.78 is 11.0. The lowest BCUT2D eigenvalue weighted by Crippen LogP contribution is -2.52. The number of benzene rings is 2. The topological polar surface area (TPSA) is 62.8 Å². The van der Waals surface area contributed by atoms with Crippen molar-refractivity contribution in [3.63, 3.8) is 0 Å². The monoisotopic (exact) mass is 437 g/mol. The molecule has 0 spiro atoms. The zero-order chi connectivity index (χ0) is 22.7. The first-order valence-electron chi connectivity index (χ1n) is 11.6. The van der Waals surface area contributed by atoms with Crippen molar-refractivity contribution in [1.29, 1.82) is 0 Å². The quantitative estimate of drug-likeness (QED) is 0.694. The number of likely N-dealkylation sites (tertiary alicyclic amines) is 1. The number of anilines is 1. The summed E-state index contributed by atoms with van der Waals surface area (Å²) in [6, 6.07) is 14.8. The molecular weight excluding hydrogens is 402 g/mol. The summed E-state index contributed by atoms with van der Waals surface area (Å²) in [5, 5.41) is 6.24. The van der Waals surface area contributed by atoms with Crippen molar-refractivity contribution in [2.75, 3.05) is 33.1 Å². The molecule has 2 fully saturated rings. The predicted molar refractivity (Wildman–Crippen MR) is 128 cm³/mol. The summed E-state index contributed by atoms with van der Waals surface area (Å²) in [7, 11) is 5.56. The Bertz CT molecular complexity index is 963. The van der Waals surface area contributed by atoms with Crippen LogP contribution in [0.1, 0.15) is 43.7 Å². The van der Waals surface area contributed by atoms with Gasteiger partial charge in [-0.05, 0) is 81.1 Å².